The zero-order chi connectivity index (χ0) is 23.3. The molecule has 0 aromatic heterocycles. The van der Waals surface area contributed by atoms with Gasteiger partial charge >= 0.3 is 0 Å². The minimum Gasteiger partial charge on any atom is -0.507 e. The van der Waals surface area contributed by atoms with Gasteiger partial charge < -0.3 is 24.2 Å². The fraction of sp³-hybridized carbons (Fsp3) is 0.360. The number of benzene rings is 2. The van der Waals surface area contributed by atoms with Crippen molar-refractivity contribution in [2.24, 2.45) is 0 Å². The predicted octanol–water partition coefficient (Wildman–Crippen LogP) is 4.32. The Morgan fingerprint density at radius 1 is 1.00 bits per heavy atom. The first-order valence-electron chi connectivity index (χ1n) is 10.7. The molecule has 0 bridgehead atoms. The second-order valence-corrected chi connectivity index (χ2v) is 7.48. The molecule has 1 saturated heterocycles. The first-order valence-corrected chi connectivity index (χ1v) is 10.7. The van der Waals surface area contributed by atoms with Gasteiger partial charge in [-0.05, 0) is 42.7 Å². The molecule has 7 nitrogen and oxygen atoms in total. The molecule has 1 aliphatic rings. The van der Waals surface area contributed by atoms with Gasteiger partial charge in [0.1, 0.15) is 23.0 Å². The lowest BCUT2D eigenvalue weighted by atomic mass is 9.94. The number of aliphatic hydroxyl groups is 1. The van der Waals surface area contributed by atoms with Gasteiger partial charge in [0.15, 0.2) is 0 Å². The molecule has 1 amide bonds. The summed E-state index contributed by atoms with van der Waals surface area (Å²) in [4.78, 5) is 27.5. The van der Waals surface area contributed by atoms with Gasteiger partial charge in [0.05, 0.1) is 38.0 Å². The highest BCUT2D eigenvalue weighted by molar-refractivity contribution is 6.46. The molecule has 7 heteroatoms. The minimum absolute atomic E-state index is 0.0274. The first kappa shape index (κ1) is 23.2. The highest BCUT2D eigenvalue weighted by atomic mass is 16.5. The van der Waals surface area contributed by atoms with Gasteiger partial charge in [0, 0.05) is 12.6 Å². The van der Waals surface area contributed by atoms with Crippen LogP contribution in [0.1, 0.15) is 43.9 Å². The Labute approximate surface area is 188 Å². The van der Waals surface area contributed by atoms with Crippen molar-refractivity contribution in [1.82, 2.24) is 4.90 Å². The largest absolute Gasteiger partial charge is 0.507 e. The highest BCUT2D eigenvalue weighted by Gasteiger charge is 2.46. The molecule has 1 fully saturated rings. The molecule has 2 aromatic rings. The average Bonchev–Trinajstić information content (AvgIpc) is 3.07. The number of nitrogens with zero attached hydrogens (tertiary/aromatic N) is 1. The van der Waals surface area contributed by atoms with Crippen molar-refractivity contribution in [2.75, 3.05) is 27.4 Å². The van der Waals surface area contributed by atoms with E-state index in [0.717, 1.165) is 6.42 Å². The molecule has 32 heavy (non-hydrogen) atoms. The number of carbonyl (C=O) groups excluding carboxylic acids is 2. The Bertz CT molecular complexity index is 1030. The Balaban J connectivity index is 2.18. The van der Waals surface area contributed by atoms with Crippen molar-refractivity contribution in [1.29, 1.82) is 0 Å². The van der Waals surface area contributed by atoms with Crippen LogP contribution in [0.4, 0.5) is 0 Å². The molecule has 0 radical (unpaired) electrons. The van der Waals surface area contributed by atoms with Crippen LogP contribution in [-0.2, 0) is 9.59 Å². The number of Topliss-reactive ketones (excluding diaryl/α,β-unsaturated/α-hetero) is 1. The molecule has 0 spiro atoms. The summed E-state index contributed by atoms with van der Waals surface area (Å²) in [6.07, 6.45) is 1.53. The number of ether oxygens (including phenoxy) is 3. The van der Waals surface area contributed by atoms with Gasteiger partial charge in [-0.3, -0.25) is 9.59 Å². The van der Waals surface area contributed by atoms with Gasteiger partial charge in [0.25, 0.3) is 11.7 Å². The third kappa shape index (κ3) is 4.42. The summed E-state index contributed by atoms with van der Waals surface area (Å²) < 4.78 is 16.4. The number of likely N-dealkylation sites (tertiary alicyclic amines) is 1. The Kier molecular flexibility index (Phi) is 7.41. The van der Waals surface area contributed by atoms with E-state index < -0.39 is 17.7 Å². The molecular formula is C25H29NO6. The standard InChI is InChI=1S/C25H29NO6/c1-5-12-26-22(16-8-7-9-18(14-16)32-13-6-2)21(24(28)25(26)29)23(27)19-11-10-17(30-3)15-20(19)31-4/h7-11,14-15,22,27H,5-6,12-13H2,1-4H3/b23-21-. The van der Waals surface area contributed by atoms with E-state index in [1.165, 1.54) is 19.1 Å². The molecule has 2 aromatic carbocycles. The van der Waals surface area contributed by atoms with Crippen LogP contribution < -0.4 is 14.2 Å². The van der Waals surface area contributed by atoms with Crippen LogP contribution in [0.25, 0.3) is 5.76 Å². The maximum Gasteiger partial charge on any atom is 0.295 e. The van der Waals surface area contributed by atoms with Crippen LogP contribution in [0.5, 0.6) is 17.2 Å². The van der Waals surface area contributed by atoms with Crippen molar-refractivity contribution in [3.63, 3.8) is 0 Å². The molecule has 0 aliphatic carbocycles. The van der Waals surface area contributed by atoms with E-state index in [4.69, 9.17) is 14.2 Å². The Morgan fingerprint density at radius 3 is 2.44 bits per heavy atom. The lowest BCUT2D eigenvalue weighted by molar-refractivity contribution is -0.139. The zero-order valence-corrected chi connectivity index (χ0v) is 18.9. The van der Waals surface area contributed by atoms with Gasteiger partial charge in [0.2, 0.25) is 0 Å². The Morgan fingerprint density at radius 2 is 1.78 bits per heavy atom. The van der Waals surface area contributed by atoms with Gasteiger partial charge in [-0.2, -0.15) is 0 Å². The number of rotatable bonds is 9. The Hall–Kier alpha value is -3.48. The molecule has 1 unspecified atom stereocenters. The van der Waals surface area contributed by atoms with Crippen molar-refractivity contribution >= 4 is 17.4 Å². The van der Waals surface area contributed by atoms with E-state index >= 15 is 0 Å². The minimum atomic E-state index is -0.730. The number of hydrogen-bond acceptors (Lipinski definition) is 6. The van der Waals surface area contributed by atoms with E-state index in [9.17, 15) is 14.7 Å². The number of hydrogen-bond donors (Lipinski definition) is 1. The van der Waals surface area contributed by atoms with Gasteiger partial charge in [-0.15, -0.1) is 0 Å². The summed E-state index contributed by atoms with van der Waals surface area (Å²) in [5.74, 6) is -0.117. The summed E-state index contributed by atoms with van der Waals surface area (Å²) in [7, 11) is 2.99. The van der Waals surface area contributed by atoms with E-state index in [2.05, 4.69) is 0 Å². The first-order chi connectivity index (χ1) is 15.5. The molecule has 1 N–H and O–H groups in total. The van der Waals surface area contributed by atoms with Gasteiger partial charge in [-0.25, -0.2) is 0 Å². The molecule has 170 valence electrons. The monoisotopic (exact) mass is 439 g/mol. The summed E-state index contributed by atoms with van der Waals surface area (Å²) in [5.41, 5.74) is 1.03. The van der Waals surface area contributed by atoms with Crippen LogP contribution in [0, 0.1) is 0 Å². The van der Waals surface area contributed by atoms with Gasteiger partial charge in [-0.1, -0.05) is 26.0 Å². The second-order valence-electron chi connectivity index (χ2n) is 7.48. The fourth-order valence-electron chi connectivity index (χ4n) is 3.83. The third-order valence-corrected chi connectivity index (χ3v) is 5.31. The van der Waals surface area contributed by atoms with Crippen LogP contribution in [-0.4, -0.2) is 49.1 Å². The average molecular weight is 440 g/mol. The summed E-state index contributed by atoms with van der Waals surface area (Å²) >= 11 is 0. The number of ketones is 1. The van der Waals surface area contributed by atoms with Crippen LogP contribution >= 0.6 is 0 Å². The fourth-order valence-corrected chi connectivity index (χ4v) is 3.83. The predicted molar refractivity (Wildman–Crippen MR) is 121 cm³/mol. The maximum absolute atomic E-state index is 13.1. The molecule has 1 aliphatic heterocycles. The number of carbonyl (C=O) groups is 2. The highest BCUT2D eigenvalue weighted by Crippen LogP contribution is 2.42. The maximum atomic E-state index is 13.1. The van der Waals surface area contributed by atoms with E-state index in [-0.39, 0.29) is 11.3 Å². The van der Waals surface area contributed by atoms with Crippen molar-refractivity contribution in [2.45, 2.75) is 32.7 Å². The summed E-state index contributed by atoms with van der Waals surface area (Å²) in [5, 5.41) is 11.2. The quantitative estimate of drug-likeness (QED) is 0.356. The summed E-state index contributed by atoms with van der Waals surface area (Å²) in [6, 6.07) is 11.5. The topological polar surface area (TPSA) is 85.3 Å². The van der Waals surface area contributed by atoms with Crippen molar-refractivity contribution in [3.8, 4) is 17.2 Å². The zero-order valence-electron chi connectivity index (χ0n) is 18.9. The molecule has 1 atom stereocenters. The van der Waals surface area contributed by atoms with E-state index in [1.807, 2.05) is 38.1 Å². The van der Waals surface area contributed by atoms with E-state index in [1.54, 1.807) is 18.2 Å². The SMILES string of the molecule is CCCOc1cccc(C2/C(=C(/O)c3ccc(OC)cc3OC)C(=O)C(=O)N2CCC)c1. The van der Waals surface area contributed by atoms with Crippen LogP contribution in [0.3, 0.4) is 0 Å². The number of methoxy groups -OCH3 is 2. The van der Waals surface area contributed by atoms with Crippen molar-refractivity contribution < 1.29 is 28.9 Å². The second kappa shape index (κ2) is 10.2. The summed E-state index contributed by atoms with van der Waals surface area (Å²) in [6.45, 7) is 4.89. The van der Waals surface area contributed by atoms with Crippen LogP contribution in [0.2, 0.25) is 0 Å². The normalized spacial score (nSPS) is 17.5. The lowest BCUT2D eigenvalue weighted by Crippen LogP contribution is -2.30. The molecule has 1 heterocycles. The number of aliphatic hydroxyl groups excluding tert-OH is 1. The third-order valence-electron chi connectivity index (χ3n) is 5.31. The smallest absolute Gasteiger partial charge is 0.295 e. The van der Waals surface area contributed by atoms with Crippen LogP contribution in [0.15, 0.2) is 48.0 Å². The molecule has 3 rings (SSSR count). The molecular weight excluding hydrogens is 410 g/mol. The lowest BCUT2D eigenvalue weighted by Gasteiger charge is -2.25. The van der Waals surface area contributed by atoms with Crippen molar-refractivity contribution in [3.05, 3.63) is 59.2 Å². The van der Waals surface area contributed by atoms with E-state index in [0.29, 0.717) is 47.9 Å². The molecule has 0 saturated carbocycles. The number of amides is 1.